The highest BCUT2D eigenvalue weighted by atomic mass is 16.5. The largest absolute Gasteiger partial charge is 0.478 e. The Morgan fingerprint density at radius 1 is 1.05 bits per heavy atom. The lowest BCUT2D eigenvalue weighted by atomic mass is 10.2. The topological polar surface area (TPSA) is 49.8 Å². The Hall–Kier alpha value is -2.49. The highest BCUT2D eigenvalue weighted by molar-refractivity contribution is 5.87. The lowest BCUT2D eigenvalue weighted by Crippen LogP contribution is -2.08. The molecule has 0 aliphatic heterocycles. The predicted octanol–water partition coefficient (Wildman–Crippen LogP) is 3.24. The van der Waals surface area contributed by atoms with Gasteiger partial charge in [-0.1, -0.05) is 6.07 Å². The highest BCUT2D eigenvalue weighted by Crippen LogP contribution is 2.25. The molecular formula is C15H15NO3. The first-order valence-corrected chi connectivity index (χ1v) is 5.85. The van der Waals surface area contributed by atoms with Crippen molar-refractivity contribution in [2.45, 2.75) is 0 Å². The first-order valence-electron chi connectivity index (χ1n) is 5.85. The molecule has 0 bridgehead atoms. The summed E-state index contributed by atoms with van der Waals surface area (Å²) < 4.78 is 5.68. The van der Waals surface area contributed by atoms with Crippen LogP contribution in [0.4, 0.5) is 5.69 Å². The van der Waals surface area contributed by atoms with Crippen LogP contribution < -0.4 is 9.64 Å². The van der Waals surface area contributed by atoms with Crippen molar-refractivity contribution in [1.29, 1.82) is 0 Å². The van der Waals surface area contributed by atoms with Crippen molar-refractivity contribution in [3.05, 3.63) is 54.1 Å². The molecule has 98 valence electrons. The van der Waals surface area contributed by atoms with Gasteiger partial charge in [0.15, 0.2) is 0 Å². The van der Waals surface area contributed by atoms with Crippen molar-refractivity contribution in [3.63, 3.8) is 0 Å². The number of hydrogen-bond donors (Lipinski definition) is 1. The molecule has 0 unspecified atom stereocenters. The average molecular weight is 257 g/mol. The lowest BCUT2D eigenvalue weighted by Gasteiger charge is -2.14. The summed E-state index contributed by atoms with van der Waals surface area (Å²) >= 11 is 0. The van der Waals surface area contributed by atoms with Crippen LogP contribution in [0.25, 0.3) is 0 Å². The zero-order chi connectivity index (χ0) is 13.8. The standard InChI is InChI=1S/C15H15NO3/c1-16(2)12-4-3-5-14(10-12)19-13-8-6-11(7-9-13)15(17)18/h3-10H,1-2H3,(H,17,18). The number of ether oxygens (including phenoxy) is 1. The van der Waals surface area contributed by atoms with Crippen LogP contribution >= 0.6 is 0 Å². The maximum Gasteiger partial charge on any atom is 0.335 e. The van der Waals surface area contributed by atoms with Gasteiger partial charge in [0.05, 0.1) is 5.56 Å². The Kier molecular flexibility index (Phi) is 3.71. The Morgan fingerprint density at radius 3 is 2.32 bits per heavy atom. The third-order valence-corrected chi connectivity index (χ3v) is 2.67. The number of carboxylic acid groups (broad SMARTS) is 1. The predicted molar refractivity (Wildman–Crippen MR) is 74.2 cm³/mol. The van der Waals surface area contributed by atoms with Gasteiger partial charge in [-0.15, -0.1) is 0 Å². The molecular weight excluding hydrogens is 242 g/mol. The van der Waals surface area contributed by atoms with Gasteiger partial charge in [-0.3, -0.25) is 0 Å². The molecule has 0 saturated heterocycles. The molecule has 1 N–H and O–H groups in total. The van der Waals surface area contributed by atoms with E-state index in [2.05, 4.69) is 0 Å². The molecule has 4 heteroatoms. The van der Waals surface area contributed by atoms with E-state index in [0.717, 1.165) is 5.69 Å². The Morgan fingerprint density at radius 2 is 1.74 bits per heavy atom. The minimum atomic E-state index is -0.943. The summed E-state index contributed by atoms with van der Waals surface area (Å²) in [4.78, 5) is 12.7. The number of benzene rings is 2. The van der Waals surface area contributed by atoms with Crippen molar-refractivity contribution in [3.8, 4) is 11.5 Å². The first-order chi connectivity index (χ1) is 9.06. The second-order valence-corrected chi connectivity index (χ2v) is 4.32. The van der Waals surface area contributed by atoms with Crippen LogP contribution in [-0.4, -0.2) is 25.2 Å². The molecule has 2 rings (SSSR count). The molecule has 0 heterocycles. The van der Waals surface area contributed by atoms with Crippen LogP contribution in [0.3, 0.4) is 0 Å². The van der Waals surface area contributed by atoms with Crippen LogP contribution in [0.1, 0.15) is 10.4 Å². The van der Waals surface area contributed by atoms with Crippen molar-refractivity contribution in [2.75, 3.05) is 19.0 Å². The molecule has 0 saturated carbocycles. The van der Waals surface area contributed by atoms with Gasteiger partial charge in [-0.05, 0) is 36.4 Å². The van der Waals surface area contributed by atoms with E-state index < -0.39 is 5.97 Å². The molecule has 0 atom stereocenters. The number of carbonyl (C=O) groups is 1. The van der Waals surface area contributed by atoms with Crippen molar-refractivity contribution in [2.24, 2.45) is 0 Å². The quantitative estimate of drug-likeness (QED) is 0.913. The minimum Gasteiger partial charge on any atom is -0.478 e. The molecule has 2 aromatic rings. The van der Waals surface area contributed by atoms with Gasteiger partial charge in [0.25, 0.3) is 0 Å². The number of rotatable bonds is 4. The van der Waals surface area contributed by atoms with E-state index in [4.69, 9.17) is 9.84 Å². The van der Waals surface area contributed by atoms with E-state index in [1.807, 2.05) is 43.3 Å². The van der Waals surface area contributed by atoms with Crippen molar-refractivity contribution in [1.82, 2.24) is 0 Å². The molecule has 0 aromatic heterocycles. The zero-order valence-electron chi connectivity index (χ0n) is 10.8. The van der Waals surface area contributed by atoms with E-state index in [1.54, 1.807) is 12.1 Å². The van der Waals surface area contributed by atoms with Crippen LogP contribution in [0, 0.1) is 0 Å². The van der Waals surface area contributed by atoms with Gasteiger partial charge in [0, 0.05) is 25.8 Å². The minimum absolute atomic E-state index is 0.245. The second-order valence-electron chi connectivity index (χ2n) is 4.32. The van der Waals surface area contributed by atoms with E-state index >= 15 is 0 Å². The summed E-state index contributed by atoms with van der Waals surface area (Å²) in [6.45, 7) is 0. The zero-order valence-corrected chi connectivity index (χ0v) is 10.8. The van der Waals surface area contributed by atoms with Crippen LogP contribution in [0.5, 0.6) is 11.5 Å². The first kappa shape index (κ1) is 13.0. The second kappa shape index (κ2) is 5.44. The number of aromatic carboxylic acids is 1. The molecule has 2 aromatic carbocycles. The average Bonchev–Trinajstić information content (AvgIpc) is 2.39. The molecule has 0 fully saturated rings. The van der Waals surface area contributed by atoms with Gasteiger partial charge in [-0.2, -0.15) is 0 Å². The molecule has 4 nitrogen and oxygen atoms in total. The third kappa shape index (κ3) is 3.25. The maximum absolute atomic E-state index is 10.7. The van der Waals surface area contributed by atoms with Crippen LogP contribution in [0.15, 0.2) is 48.5 Å². The Balaban J connectivity index is 2.16. The molecule has 19 heavy (non-hydrogen) atoms. The van der Waals surface area contributed by atoms with Gasteiger partial charge < -0.3 is 14.7 Å². The van der Waals surface area contributed by atoms with Gasteiger partial charge >= 0.3 is 5.97 Å². The maximum atomic E-state index is 10.7. The van der Waals surface area contributed by atoms with Gasteiger partial charge in [-0.25, -0.2) is 4.79 Å². The van der Waals surface area contributed by atoms with Crippen LogP contribution in [-0.2, 0) is 0 Å². The molecule has 0 amide bonds. The summed E-state index contributed by atoms with van der Waals surface area (Å²) in [5.74, 6) is 0.385. The SMILES string of the molecule is CN(C)c1cccc(Oc2ccc(C(=O)O)cc2)c1. The summed E-state index contributed by atoms with van der Waals surface area (Å²) in [5, 5.41) is 8.82. The van der Waals surface area contributed by atoms with Gasteiger partial charge in [0.1, 0.15) is 11.5 Å². The molecule has 0 spiro atoms. The smallest absolute Gasteiger partial charge is 0.335 e. The summed E-state index contributed by atoms with van der Waals surface area (Å²) in [5.41, 5.74) is 1.29. The number of hydrogen-bond acceptors (Lipinski definition) is 3. The normalized spacial score (nSPS) is 10.0. The monoisotopic (exact) mass is 257 g/mol. The fraction of sp³-hybridized carbons (Fsp3) is 0.133. The van der Waals surface area contributed by atoms with Gasteiger partial charge in [0.2, 0.25) is 0 Å². The molecule has 0 aliphatic rings. The summed E-state index contributed by atoms with van der Waals surface area (Å²) in [7, 11) is 3.92. The summed E-state index contributed by atoms with van der Waals surface area (Å²) in [6, 6.07) is 14.0. The molecule has 0 radical (unpaired) electrons. The van der Waals surface area contributed by atoms with Crippen molar-refractivity contribution >= 4 is 11.7 Å². The van der Waals surface area contributed by atoms with Crippen LogP contribution in [0.2, 0.25) is 0 Å². The lowest BCUT2D eigenvalue weighted by molar-refractivity contribution is 0.0697. The highest BCUT2D eigenvalue weighted by Gasteiger charge is 2.04. The van der Waals surface area contributed by atoms with Crippen molar-refractivity contribution < 1.29 is 14.6 Å². The molecule has 0 aliphatic carbocycles. The number of nitrogens with zero attached hydrogens (tertiary/aromatic N) is 1. The Labute approximate surface area is 111 Å². The van der Waals surface area contributed by atoms with E-state index in [0.29, 0.717) is 11.5 Å². The fourth-order valence-electron chi connectivity index (χ4n) is 1.63. The third-order valence-electron chi connectivity index (χ3n) is 2.67. The van der Waals surface area contributed by atoms with E-state index in [9.17, 15) is 4.79 Å². The van der Waals surface area contributed by atoms with E-state index in [1.165, 1.54) is 12.1 Å². The van der Waals surface area contributed by atoms with E-state index in [-0.39, 0.29) is 5.56 Å². The number of carboxylic acids is 1. The number of anilines is 1. The fourth-order valence-corrected chi connectivity index (χ4v) is 1.63. The summed E-state index contributed by atoms with van der Waals surface area (Å²) in [6.07, 6.45) is 0. The Bertz CT molecular complexity index is 576.